The van der Waals surface area contributed by atoms with Crippen LogP contribution in [0.1, 0.15) is 12.8 Å². The maximum Gasteiger partial charge on any atom is 0.257 e. The van der Waals surface area contributed by atoms with Crippen LogP contribution in [0.4, 0.5) is 0 Å². The molecule has 0 bridgehead atoms. The van der Waals surface area contributed by atoms with Gasteiger partial charge in [-0.05, 0) is 37.1 Å². The van der Waals surface area contributed by atoms with Gasteiger partial charge in [-0.2, -0.15) is 11.8 Å². The van der Waals surface area contributed by atoms with Crippen molar-refractivity contribution in [3.05, 3.63) is 29.3 Å². The highest BCUT2D eigenvalue weighted by Crippen LogP contribution is 2.21. The summed E-state index contributed by atoms with van der Waals surface area (Å²) in [5.41, 5.74) is 0. The van der Waals surface area contributed by atoms with Crippen molar-refractivity contribution in [3.8, 4) is 5.75 Å². The Labute approximate surface area is 134 Å². The van der Waals surface area contributed by atoms with E-state index in [1.54, 1.807) is 24.3 Å². The summed E-state index contributed by atoms with van der Waals surface area (Å²) in [4.78, 5) is 11.6. The minimum absolute atomic E-state index is 0.0313. The summed E-state index contributed by atoms with van der Waals surface area (Å²) >= 11 is 7.68. The summed E-state index contributed by atoms with van der Waals surface area (Å²) < 4.78 is 10.7. The van der Waals surface area contributed by atoms with E-state index in [-0.39, 0.29) is 12.5 Å². The molecule has 21 heavy (non-hydrogen) atoms. The van der Waals surface area contributed by atoms with E-state index >= 15 is 0 Å². The average Bonchev–Trinajstić information content (AvgIpc) is 2.52. The molecule has 1 aromatic carbocycles. The number of benzene rings is 1. The molecule has 0 aromatic heterocycles. The average molecular weight is 330 g/mol. The van der Waals surface area contributed by atoms with Crippen molar-refractivity contribution < 1.29 is 14.3 Å². The van der Waals surface area contributed by atoms with Gasteiger partial charge in [-0.3, -0.25) is 4.79 Å². The predicted octanol–water partition coefficient (Wildman–Crippen LogP) is 2.75. The number of hydrogen-bond donors (Lipinski definition) is 1. The van der Waals surface area contributed by atoms with Crippen LogP contribution in [0.2, 0.25) is 5.02 Å². The number of halogens is 1. The summed E-state index contributed by atoms with van der Waals surface area (Å²) in [5, 5.41) is 4.18. The minimum atomic E-state index is -0.0995. The van der Waals surface area contributed by atoms with Crippen LogP contribution in [0.25, 0.3) is 0 Å². The zero-order chi connectivity index (χ0) is 14.9. The van der Waals surface area contributed by atoms with Crippen molar-refractivity contribution in [3.63, 3.8) is 0 Å². The summed E-state index contributed by atoms with van der Waals surface area (Å²) in [6.45, 7) is 2.42. The number of thioether (sulfide) groups is 1. The summed E-state index contributed by atoms with van der Waals surface area (Å²) in [7, 11) is 0. The van der Waals surface area contributed by atoms with Crippen LogP contribution in [0.5, 0.6) is 5.75 Å². The van der Waals surface area contributed by atoms with E-state index in [1.807, 2.05) is 11.8 Å². The number of carbonyl (C=O) groups is 1. The van der Waals surface area contributed by atoms with Crippen molar-refractivity contribution in [2.45, 2.75) is 18.1 Å². The molecule has 2 rings (SSSR count). The van der Waals surface area contributed by atoms with E-state index in [2.05, 4.69) is 5.32 Å². The van der Waals surface area contributed by atoms with Crippen LogP contribution in [-0.2, 0) is 9.53 Å². The highest BCUT2D eigenvalue weighted by atomic mass is 35.5. The zero-order valence-corrected chi connectivity index (χ0v) is 13.4. The third-order valence-corrected chi connectivity index (χ3v) is 4.76. The molecule has 0 radical (unpaired) electrons. The molecule has 0 spiro atoms. The van der Waals surface area contributed by atoms with Gasteiger partial charge in [-0.15, -0.1) is 0 Å². The molecule has 1 saturated heterocycles. The first-order valence-corrected chi connectivity index (χ1v) is 8.51. The van der Waals surface area contributed by atoms with Crippen molar-refractivity contribution in [2.75, 3.05) is 32.1 Å². The number of hydrogen-bond acceptors (Lipinski definition) is 4. The zero-order valence-electron chi connectivity index (χ0n) is 11.8. The maximum absolute atomic E-state index is 11.6. The van der Waals surface area contributed by atoms with E-state index in [9.17, 15) is 4.79 Å². The first-order chi connectivity index (χ1) is 10.2. The third kappa shape index (κ3) is 6.59. The Morgan fingerprint density at radius 2 is 2.05 bits per heavy atom. The van der Waals surface area contributed by atoms with Gasteiger partial charge in [0, 0.05) is 35.8 Å². The van der Waals surface area contributed by atoms with Gasteiger partial charge in [0.05, 0.1) is 0 Å². The highest BCUT2D eigenvalue weighted by molar-refractivity contribution is 7.99. The molecule has 1 heterocycles. The van der Waals surface area contributed by atoms with Crippen LogP contribution < -0.4 is 10.1 Å². The molecule has 4 nitrogen and oxygen atoms in total. The Morgan fingerprint density at radius 3 is 2.76 bits per heavy atom. The summed E-state index contributed by atoms with van der Waals surface area (Å²) in [6.07, 6.45) is 2.22. The Hall–Kier alpha value is -0.910. The molecule has 1 N–H and O–H groups in total. The number of ether oxygens (including phenoxy) is 2. The molecule has 6 heteroatoms. The second-order valence-corrected chi connectivity index (χ2v) is 6.62. The van der Waals surface area contributed by atoms with Crippen LogP contribution in [0.15, 0.2) is 24.3 Å². The number of amides is 1. The molecule has 0 atom stereocenters. The van der Waals surface area contributed by atoms with E-state index in [0.717, 1.165) is 31.8 Å². The number of carbonyl (C=O) groups excluding carboxylic acids is 1. The molecular weight excluding hydrogens is 310 g/mol. The topological polar surface area (TPSA) is 47.6 Å². The monoisotopic (exact) mass is 329 g/mol. The van der Waals surface area contributed by atoms with Gasteiger partial charge >= 0.3 is 0 Å². The highest BCUT2D eigenvalue weighted by Gasteiger charge is 2.13. The molecule has 1 aromatic rings. The van der Waals surface area contributed by atoms with E-state index in [1.165, 1.54) is 0 Å². The van der Waals surface area contributed by atoms with Crippen LogP contribution in [-0.4, -0.2) is 43.3 Å². The normalized spacial score (nSPS) is 15.7. The molecule has 1 amide bonds. The van der Waals surface area contributed by atoms with Crippen molar-refractivity contribution in [2.24, 2.45) is 0 Å². The molecule has 1 fully saturated rings. The molecule has 1 aliphatic rings. The van der Waals surface area contributed by atoms with Gasteiger partial charge in [0.2, 0.25) is 0 Å². The standard InChI is InChI=1S/C15H20ClNO3S/c16-12-1-3-13(4-2-12)20-11-15(18)17-7-10-21-14-5-8-19-9-6-14/h1-4,14H,5-11H2,(H,17,18). The van der Waals surface area contributed by atoms with Crippen molar-refractivity contribution in [1.82, 2.24) is 5.32 Å². The van der Waals surface area contributed by atoms with Gasteiger partial charge < -0.3 is 14.8 Å². The summed E-state index contributed by atoms with van der Waals surface area (Å²) in [6, 6.07) is 6.96. The smallest absolute Gasteiger partial charge is 0.257 e. The van der Waals surface area contributed by atoms with Crippen molar-refractivity contribution in [1.29, 1.82) is 0 Å². The maximum atomic E-state index is 11.6. The number of rotatable bonds is 7. The predicted molar refractivity (Wildman–Crippen MR) is 86.3 cm³/mol. The molecule has 0 aliphatic carbocycles. The largest absolute Gasteiger partial charge is 0.484 e. The summed E-state index contributed by atoms with van der Waals surface area (Å²) in [5.74, 6) is 1.47. The molecule has 116 valence electrons. The van der Waals surface area contributed by atoms with Crippen LogP contribution in [0.3, 0.4) is 0 Å². The van der Waals surface area contributed by atoms with E-state index in [0.29, 0.717) is 22.6 Å². The SMILES string of the molecule is O=C(COc1ccc(Cl)cc1)NCCSC1CCOCC1. The first-order valence-electron chi connectivity index (χ1n) is 7.08. The fourth-order valence-electron chi connectivity index (χ4n) is 1.99. The number of nitrogens with one attached hydrogen (secondary N) is 1. The quantitative estimate of drug-likeness (QED) is 0.781. The van der Waals surface area contributed by atoms with Gasteiger partial charge in [0.25, 0.3) is 5.91 Å². The van der Waals surface area contributed by atoms with E-state index < -0.39 is 0 Å². The third-order valence-electron chi connectivity index (χ3n) is 3.13. The van der Waals surface area contributed by atoms with Gasteiger partial charge in [-0.25, -0.2) is 0 Å². The Bertz CT molecular complexity index is 435. The van der Waals surface area contributed by atoms with Crippen molar-refractivity contribution >= 4 is 29.3 Å². The molecular formula is C15H20ClNO3S. The lowest BCUT2D eigenvalue weighted by Gasteiger charge is -2.21. The fourth-order valence-corrected chi connectivity index (χ4v) is 3.19. The van der Waals surface area contributed by atoms with E-state index in [4.69, 9.17) is 21.1 Å². The Kier molecular flexibility index (Phi) is 7.19. The van der Waals surface area contributed by atoms with Crippen LogP contribution in [0, 0.1) is 0 Å². The molecule has 0 saturated carbocycles. The second kappa shape index (κ2) is 9.18. The second-order valence-electron chi connectivity index (χ2n) is 4.78. The first kappa shape index (κ1) is 16.5. The lowest BCUT2D eigenvalue weighted by atomic mass is 10.2. The fraction of sp³-hybridized carbons (Fsp3) is 0.533. The van der Waals surface area contributed by atoms with Gasteiger partial charge in [0.1, 0.15) is 5.75 Å². The lowest BCUT2D eigenvalue weighted by molar-refractivity contribution is -0.122. The lowest BCUT2D eigenvalue weighted by Crippen LogP contribution is -2.31. The van der Waals surface area contributed by atoms with Gasteiger partial charge in [0.15, 0.2) is 6.61 Å². The Balaban J connectivity index is 1.54. The van der Waals surface area contributed by atoms with Gasteiger partial charge in [-0.1, -0.05) is 11.6 Å². The Morgan fingerprint density at radius 1 is 1.33 bits per heavy atom. The minimum Gasteiger partial charge on any atom is -0.484 e. The van der Waals surface area contributed by atoms with Crippen LogP contribution >= 0.6 is 23.4 Å². The molecule has 0 unspecified atom stereocenters. The molecule has 1 aliphatic heterocycles.